The molecule has 3 aliphatic heterocycles. The highest BCUT2D eigenvalue weighted by molar-refractivity contribution is 5.02. The molecule has 38 heavy (non-hydrogen) atoms. The van der Waals surface area contributed by atoms with Gasteiger partial charge in [0.25, 0.3) is 0 Å². The van der Waals surface area contributed by atoms with Gasteiger partial charge in [0.2, 0.25) is 0 Å². The molecule has 3 heterocycles. The van der Waals surface area contributed by atoms with Gasteiger partial charge in [0, 0.05) is 39.3 Å². The van der Waals surface area contributed by atoms with E-state index in [9.17, 15) is 0 Å². The van der Waals surface area contributed by atoms with E-state index in [0.717, 1.165) is 78.9 Å². The third kappa shape index (κ3) is 6.59. The highest BCUT2D eigenvalue weighted by Crippen LogP contribution is 2.49. The van der Waals surface area contributed by atoms with E-state index < -0.39 is 0 Å². The summed E-state index contributed by atoms with van der Waals surface area (Å²) in [5.41, 5.74) is 0. The molecule has 8 atom stereocenters. The number of hydrogen-bond acceptors (Lipinski definition) is 8. The van der Waals surface area contributed by atoms with Crippen LogP contribution in [-0.2, 0) is 28.4 Å². The minimum absolute atomic E-state index is 0.256. The summed E-state index contributed by atoms with van der Waals surface area (Å²) in [7, 11) is 0. The van der Waals surface area contributed by atoms with Crippen LogP contribution in [0, 0.1) is 23.7 Å². The molecular formula is C30H52N2O6. The topological polar surface area (TPSA) is 61.9 Å². The second-order valence-electron chi connectivity index (χ2n) is 12.5. The Morgan fingerprint density at radius 2 is 0.632 bits per heavy atom. The Hall–Kier alpha value is -0.320. The summed E-state index contributed by atoms with van der Waals surface area (Å²) in [5.74, 6) is 2.73. The molecule has 0 amide bonds. The Bertz CT molecular complexity index is 608. The summed E-state index contributed by atoms with van der Waals surface area (Å²) in [6, 6.07) is 0. The smallest absolute Gasteiger partial charge is 0.0871 e. The fourth-order valence-electron chi connectivity index (χ4n) is 8.22. The Morgan fingerprint density at radius 1 is 0.342 bits per heavy atom. The Labute approximate surface area is 229 Å². The van der Waals surface area contributed by atoms with E-state index in [1.165, 1.54) is 51.4 Å². The molecule has 7 aliphatic rings. The maximum atomic E-state index is 6.60. The van der Waals surface area contributed by atoms with Crippen LogP contribution in [-0.4, -0.2) is 126 Å². The van der Waals surface area contributed by atoms with Gasteiger partial charge in [-0.25, -0.2) is 0 Å². The SMILES string of the molecule is C1CCC2C(C1)C1OCCN3CCOCCOCCN(CCOC21)CCOC1C2CCCCC2C1OCC3. The molecular weight excluding hydrogens is 484 g/mol. The van der Waals surface area contributed by atoms with Crippen molar-refractivity contribution in [3.05, 3.63) is 0 Å². The number of nitrogens with zero attached hydrogens (tertiary/aromatic N) is 2. The zero-order valence-electron chi connectivity index (χ0n) is 23.5. The highest BCUT2D eigenvalue weighted by atomic mass is 16.6. The van der Waals surface area contributed by atoms with Crippen molar-refractivity contribution in [3.63, 3.8) is 0 Å². The molecule has 0 aromatic carbocycles. The maximum absolute atomic E-state index is 6.60. The third-order valence-electron chi connectivity index (χ3n) is 10.4. The van der Waals surface area contributed by atoms with Crippen LogP contribution in [0.4, 0.5) is 0 Å². The van der Waals surface area contributed by atoms with Gasteiger partial charge in [0.1, 0.15) is 0 Å². The first kappa shape index (κ1) is 27.8. The second kappa shape index (κ2) is 14.0. The van der Waals surface area contributed by atoms with Gasteiger partial charge in [-0.15, -0.1) is 0 Å². The Balaban J connectivity index is 1.15. The lowest BCUT2D eigenvalue weighted by Crippen LogP contribution is -2.60. The van der Waals surface area contributed by atoms with Crippen LogP contribution in [0.1, 0.15) is 51.4 Å². The van der Waals surface area contributed by atoms with Gasteiger partial charge in [-0.3, -0.25) is 9.80 Å². The average Bonchev–Trinajstić information content (AvgIpc) is 2.93. The standard InChI is InChI=1S/C30H52N2O6/c1-2-6-24-23(5-1)27-28(24)36-18-12-32-10-16-34-22-21-33-15-9-31(11-17-35-27)13-19-37-29-25-7-3-4-8-26(25)30(29)38-20-14-32/h23-30H,1-22H2. The molecule has 3 saturated heterocycles. The molecule has 7 rings (SSSR count). The van der Waals surface area contributed by atoms with Crippen LogP contribution in [0.5, 0.6) is 0 Å². The Kier molecular flexibility index (Phi) is 10.3. The fourth-order valence-corrected chi connectivity index (χ4v) is 8.22. The molecule has 8 nitrogen and oxygen atoms in total. The van der Waals surface area contributed by atoms with Crippen molar-refractivity contribution in [1.82, 2.24) is 9.80 Å². The van der Waals surface area contributed by atoms with Crippen LogP contribution in [0.3, 0.4) is 0 Å². The molecule has 4 aliphatic carbocycles. The second-order valence-corrected chi connectivity index (χ2v) is 12.5. The normalized spacial score (nSPS) is 46.1. The minimum atomic E-state index is 0.256. The first-order valence-electron chi connectivity index (χ1n) is 15.9. The summed E-state index contributed by atoms with van der Waals surface area (Å²) in [5, 5.41) is 0. The zero-order valence-corrected chi connectivity index (χ0v) is 23.5. The molecule has 4 saturated carbocycles. The van der Waals surface area contributed by atoms with E-state index in [4.69, 9.17) is 28.4 Å². The van der Waals surface area contributed by atoms with Gasteiger partial charge >= 0.3 is 0 Å². The van der Waals surface area contributed by atoms with Crippen LogP contribution < -0.4 is 0 Å². The van der Waals surface area contributed by atoms with Crippen molar-refractivity contribution in [3.8, 4) is 0 Å². The molecule has 0 N–H and O–H groups in total. The van der Waals surface area contributed by atoms with Gasteiger partial charge in [0.15, 0.2) is 0 Å². The fraction of sp³-hybridized carbons (Fsp3) is 1.00. The number of ether oxygens (including phenoxy) is 6. The zero-order chi connectivity index (χ0) is 25.6. The molecule has 8 unspecified atom stereocenters. The molecule has 2 bridgehead atoms. The van der Waals surface area contributed by atoms with Gasteiger partial charge < -0.3 is 28.4 Å². The number of fused-ring (bicyclic) bond motifs is 17. The molecule has 0 aromatic heterocycles. The number of rotatable bonds is 0. The number of hydrogen-bond donors (Lipinski definition) is 0. The molecule has 8 heteroatoms. The first-order valence-corrected chi connectivity index (χ1v) is 15.9. The highest BCUT2D eigenvalue weighted by Gasteiger charge is 2.53. The van der Waals surface area contributed by atoms with Crippen molar-refractivity contribution in [2.75, 3.05) is 92.1 Å². The predicted molar refractivity (Wildman–Crippen MR) is 144 cm³/mol. The van der Waals surface area contributed by atoms with E-state index in [1.807, 2.05) is 0 Å². The quantitative estimate of drug-likeness (QED) is 0.469. The van der Waals surface area contributed by atoms with E-state index in [-0.39, 0.29) is 24.4 Å². The van der Waals surface area contributed by atoms with Gasteiger partial charge in [0.05, 0.1) is 77.3 Å². The van der Waals surface area contributed by atoms with Crippen molar-refractivity contribution in [2.45, 2.75) is 75.8 Å². The first-order chi connectivity index (χ1) is 18.9. The van der Waals surface area contributed by atoms with Crippen LogP contribution in [0.2, 0.25) is 0 Å². The largest absolute Gasteiger partial charge is 0.378 e. The summed E-state index contributed by atoms with van der Waals surface area (Å²) in [6.07, 6.45) is 11.6. The molecule has 0 radical (unpaired) electrons. The Morgan fingerprint density at radius 3 is 0.947 bits per heavy atom. The van der Waals surface area contributed by atoms with Crippen molar-refractivity contribution in [1.29, 1.82) is 0 Å². The van der Waals surface area contributed by atoms with E-state index in [1.54, 1.807) is 0 Å². The average molecular weight is 537 g/mol. The van der Waals surface area contributed by atoms with Crippen molar-refractivity contribution in [2.24, 2.45) is 23.7 Å². The van der Waals surface area contributed by atoms with Crippen LogP contribution >= 0.6 is 0 Å². The van der Waals surface area contributed by atoms with E-state index in [0.29, 0.717) is 36.9 Å². The van der Waals surface area contributed by atoms with Gasteiger partial charge in [-0.2, -0.15) is 0 Å². The lowest BCUT2D eigenvalue weighted by molar-refractivity contribution is -0.224. The summed E-state index contributed by atoms with van der Waals surface area (Å²) in [6.45, 7) is 11.2. The lowest BCUT2D eigenvalue weighted by atomic mass is 9.61. The monoisotopic (exact) mass is 536 g/mol. The predicted octanol–water partition coefficient (Wildman–Crippen LogP) is 2.83. The summed E-state index contributed by atoms with van der Waals surface area (Å²) >= 11 is 0. The maximum Gasteiger partial charge on any atom is 0.0871 e. The van der Waals surface area contributed by atoms with Crippen molar-refractivity contribution >= 4 is 0 Å². The van der Waals surface area contributed by atoms with Crippen molar-refractivity contribution < 1.29 is 28.4 Å². The minimum Gasteiger partial charge on any atom is -0.378 e. The lowest BCUT2D eigenvalue weighted by Gasteiger charge is -2.54. The molecule has 7 fully saturated rings. The molecule has 218 valence electrons. The van der Waals surface area contributed by atoms with Crippen LogP contribution in [0.25, 0.3) is 0 Å². The molecule has 0 spiro atoms. The van der Waals surface area contributed by atoms with Crippen LogP contribution in [0.15, 0.2) is 0 Å². The molecule has 0 aromatic rings. The van der Waals surface area contributed by atoms with E-state index in [2.05, 4.69) is 9.80 Å². The van der Waals surface area contributed by atoms with Gasteiger partial charge in [-0.1, -0.05) is 25.7 Å². The summed E-state index contributed by atoms with van der Waals surface area (Å²) < 4.78 is 38.3. The summed E-state index contributed by atoms with van der Waals surface area (Å²) in [4.78, 5) is 4.93. The third-order valence-corrected chi connectivity index (χ3v) is 10.4. The van der Waals surface area contributed by atoms with Gasteiger partial charge in [-0.05, 0) is 49.4 Å². The van der Waals surface area contributed by atoms with E-state index >= 15 is 0 Å².